The molecule has 29 heavy (non-hydrogen) atoms. The maximum absolute atomic E-state index is 13.7. The van der Waals surface area contributed by atoms with E-state index >= 15 is 0 Å². The smallest absolute Gasteiger partial charge is 0.257 e. The van der Waals surface area contributed by atoms with E-state index in [1.54, 1.807) is 41.9 Å². The summed E-state index contributed by atoms with van der Waals surface area (Å²) in [5.41, 5.74) is 1.43. The van der Waals surface area contributed by atoms with Gasteiger partial charge in [0.25, 0.3) is 5.56 Å². The highest BCUT2D eigenvalue weighted by Gasteiger charge is 2.31. The van der Waals surface area contributed by atoms with Crippen LogP contribution in [0.2, 0.25) is 0 Å². The van der Waals surface area contributed by atoms with E-state index in [0.717, 1.165) is 5.56 Å². The molecule has 2 aromatic carbocycles. The second-order valence-corrected chi connectivity index (χ2v) is 7.22. The second-order valence-electron chi connectivity index (χ2n) is 6.83. The van der Waals surface area contributed by atoms with Gasteiger partial charge in [-0.2, -0.15) is 0 Å². The predicted octanol–water partition coefficient (Wildman–Crippen LogP) is 3.64. The molecule has 8 heteroatoms. The van der Waals surface area contributed by atoms with Crippen LogP contribution >= 0.6 is 12.2 Å². The minimum atomic E-state index is -0.398. The van der Waals surface area contributed by atoms with Crippen molar-refractivity contribution in [2.45, 2.75) is 18.9 Å². The monoisotopic (exact) mass is 411 g/mol. The molecule has 2 N–H and O–H groups in total. The molecule has 0 saturated carbocycles. The maximum atomic E-state index is 13.7. The number of nitrogens with one attached hydrogen (secondary N) is 2. The zero-order valence-corrected chi connectivity index (χ0v) is 16.4. The number of amides is 1. The first kappa shape index (κ1) is 19.1. The van der Waals surface area contributed by atoms with Gasteiger partial charge in [0.15, 0.2) is 4.77 Å². The normalized spacial score (nSPS) is 15.5. The molecule has 2 heterocycles. The van der Waals surface area contributed by atoms with E-state index in [1.165, 1.54) is 6.07 Å². The van der Waals surface area contributed by atoms with E-state index in [-0.39, 0.29) is 35.1 Å². The van der Waals surface area contributed by atoms with E-state index in [9.17, 15) is 14.0 Å². The SMILES string of the molecule is Cn1c2c(c(=O)[nH]c1=S)C(c1ccc(OCc3ccccc3F)cc1)CC(=O)N2. The van der Waals surface area contributed by atoms with Crippen molar-refractivity contribution >= 4 is 23.9 Å². The lowest BCUT2D eigenvalue weighted by Gasteiger charge is -2.26. The molecular weight excluding hydrogens is 393 g/mol. The highest BCUT2D eigenvalue weighted by molar-refractivity contribution is 7.71. The summed E-state index contributed by atoms with van der Waals surface area (Å²) >= 11 is 5.13. The summed E-state index contributed by atoms with van der Waals surface area (Å²) in [5, 5.41) is 2.74. The number of hydrogen-bond donors (Lipinski definition) is 2. The molecule has 0 saturated heterocycles. The third-order valence-electron chi connectivity index (χ3n) is 4.99. The summed E-state index contributed by atoms with van der Waals surface area (Å²) in [5.74, 6) is 0.0859. The molecule has 1 aromatic heterocycles. The van der Waals surface area contributed by atoms with E-state index < -0.39 is 5.92 Å². The van der Waals surface area contributed by atoms with Gasteiger partial charge in [-0.15, -0.1) is 0 Å². The van der Waals surface area contributed by atoms with Crippen LogP contribution in [0.3, 0.4) is 0 Å². The van der Waals surface area contributed by atoms with Crippen molar-refractivity contribution in [2.24, 2.45) is 7.05 Å². The molecule has 4 rings (SSSR count). The number of anilines is 1. The van der Waals surface area contributed by atoms with Crippen molar-refractivity contribution in [3.8, 4) is 5.75 Å². The van der Waals surface area contributed by atoms with Crippen LogP contribution in [0.25, 0.3) is 0 Å². The molecule has 0 spiro atoms. The number of carbonyl (C=O) groups excluding carboxylic acids is 1. The maximum Gasteiger partial charge on any atom is 0.257 e. The van der Waals surface area contributed by atoms with Crippen LogP contribution in [0.5, 0.6) is 5.75 Å². The van der Waals surface area contributed by atoms with E-state index in [4.69, 9.17) is 17.0 Å². The van der Waals surface area contributed by atoms with Crippen molar-refractivity contribution < 1.29 is 13.9 Å². The van der Waals surface area contributed by atoms with Gasteiger partial charge in [-0.1, -0.05) is 30.3 Å². The van der Waals surface area contributed by atoms with Gasteiger partial charge in [0, 0.05) is 24.9 Å². The minimum absolute atomic E-state index is 0.109. The molecule has 3 aromatic rings. The van der Waals surface area contributed by atoms with Gasteiger partial charge in [-0.3, -0.25) is 14.6 Å². The predicted molar refractivity (Wildman–Crippen MR) is 109 cm³/mol. The zero-order chi connectivity index (χ0) is 20.5. The number of halogens is 1. The molecule has 6 nitrogen and oxygen atoms in total. The highest BCUT2D eigenvalue weighted by Crippen LogP contribution is 2.35. The molecule has 0 radical (unpaired) electrons. The van der Waals surface area contributed by atoms with Gasteiger partial charge in [-0.25, -0.2) is 4.39 Å². The van der Waals surface area contributed by atoms with Crippen LogP contribution in [0.4, 0.5) is 10.2 Å². The summed E-state index contributed by atoms with van der Waals surface area (Å²) in [6.07, 6.45) is 0.155. The fourth-order valence-corrected chi connectivity index (χ4v) is 3.62. The quantitative estimate of drug-likeness (QED) is 0.643. The second kappa shape index (κ2) is 7.63. The van der Waals surface area contributed by atoms with Crippen molar-refractivity contribution in [1.82, 2.24) is 9.55 Å². The lowest BCUT2D eigenvalue weighted by molar-refractivity contribution is -0.116. The number of ether oxygens (including phenoxy) is 1. The average molecular weight is 411 g/mol. The third-order valence-corrected chi connectivity index (χ3v) is 5.37. The van der Waals surface area contributed by atoms with Gasteiger partial charge in [-0.05, 0) is 36.0 Å². The van der Waals surface area contributed by atoms with Crippen molar-refractivity contribution in [3.05, 3.63) is 86.2 Å². The van der Waals surface area contributed by atoms with Crippen LogP contribution in [0, 0.1) is 10.6 Å². The Morgan fingerprint density at radius 1 is 1.17 bits per heavy atom. The Labute approximate surface area is 171 Å². The molecule has 1 atom stereocenters. The topological polar surface area (TPSA) is 76.1 Å². The van der Waals surface area contributed by atoms with Gasteiger partial charge in [0.2, 0.25) is 5.91 Å². The Balaban J connectivity index is 1.61. The van der Waals surface area contributed by atoms with Gasteiger partial charge in [0.05, 0.1) is 5.56 Å². The largest absolute Gasteiger partial charge is 0.489 e. The van der Waals surface area contributed by atoms with Gasteiger partial charge in [0.1, 0.15) is 24.0 Å². The number of carbonyl (C=O) groups is 1. The van der Waals surface area contributed by atoms with Crippen molar-refractivity contribution in [1.29, 1.82) is 0 Å². The van der Waals surface area contributed by atoms with Crippen LogP contribution < -0.4 is 15.6 Å². The molecule has 1 unspecified atom stereocenters. The summed E-state index contributed by atoms with van der Waals surface area (Å²) in [6.45, 7) is 0.109. The summed E-state index contributed by atoms with van der Waals surface area (Å²) in [6, 6.07) is 13.6. The van der Waals surface area contributed by atoms with Crippen molar-refractivity contribution in [3.63, 3.8) is 0 Å². The van der Waals surface area contributed by atoms with E-state index in [1.807, 2.05) is 12.1 Å². The van der Waals surface area contributed by atoms with Crippen LogP contribution in [-0.4, -0.2) is 15.5 Å². The number of hydrogen-bond acceptors (Lipinski definition) is 4. The summed E-state index contributed by atoms with van der Waals surface area (Å²) < 4.78 is 21.2. The standard InChI is InChI=1S/C21H18FN3O3S/c1-25-19-18(20(27)24-21(25)29)15(10-17(26)23-19)12-6-8-14(9-7-12)28-11-13-4-2-3-5-16(13)22/h2-9,15H,10-11H2,1H3,(H,23,26)(H,24,27,29). The van der Waals surface area contributed by atoms with Crippen LogP contribution in [-0.2, 0) is 18.4 Å². The first-order valence-corrected chi connectivity index (χ1v) is 9.44. The molecule has 1 aliphatic rings. The number of fused-ring (bicyclic) bond motifs is 1. The number of aromatic nitrogens is 2. The number of nitrogens with zero attached hydrogens (tertiary/aromatic N) is 1. The Bertz CT molecular complexity index is 1200. The van der Waals surface area contributed by atoms with Crippen molar-refractivity contribution in [2.75, 3.05) is 5.32 Å². The molecular formula is C21H18FN3O3S. The fraction of sp³-hybridized carbons (Fsp3) is 0.190. The van der Waals surface area contributed by atoms with Crippen LogP contribution in [0.1, 0.15) is 29.0 Å². The molecule has 0 fully saturated rings. The Hall–Kier alpha value is -3.26. The number of benzene rings is 2. The molecule has 148 valence electrons. The molecule has 1 amide bonds. The fourth-order valence-electron chi connectivity index (χ4n) is 3.44. The zero-order valence-electron chi connectivity index (χ0n) is 15.6. The van der Waals surface area contributed by atoms with E-state index in [0.29, 0.717) is 22.7 Å². The number of rotatable bonds is 4. The van der Waals surface area contributed by atoms with E-state index in [2.05, 4.69) is 10.3 Å². The Kier molecular flexibility index (Phi) is 5.02. The lowest BCUT2D eigenvalue weighted by Crippen LogP contribution is -2.33. The Morgan fingerprint density at radius 2 is 1.90 bits per heavy atom. The summed E-state index contributed by atoms with van der Waals surface area (Å²) in [4.78, 5) is 27.4. The molecule has 0 bridgehead atoms. The number of H-pyrrole nitrogens is 1. The van der Waals surface area contributed by atoms with Gasteiger partial charge >= 0.3 is 0 Å². The molecule has 0 aliphatic carbocycles. The van der Waals surface area contributed by atoms with Crippen LogP contribution in [0.15, 0.2) is 53.3 Å². The first-order chi connectivity index (χ1) is 13.9. The third kappa shape index (κ3) is 3.71. The summed E-state index contributed by atoms with van der Waals surface area (Å²) in [7, 11) is 1.69. The number of aromatic amines is 1. The minimum Gasteiger partial charge on any atom is -0.489 e. The first-order valence-electron chi connectivity index (χ1n) is 9.03. The highest BCUT2D eigenvalue weighted by atomic mass is 32.1. The average Bonchev–Trinajstić information content (AvgIpc) is 2.71. The van der Waals surface area contributed by atoms with Gasteiger partial charge < -0.3 is 14.6 Å². The Morgan fingerprint density at radius 3 is 2.62 bits per heavy atom. The molecule has 1 aliphatic heterocycles. The lowest BCUT2D eigenvalue weighted by atomic mass is 9.87.